The highest BCUT2D eigenvalue weighted by Crippen LogP contribution is 2.35. The number of amides is 1. The van der Waals surface area contributed by atoms with Crippen LogP contribution in [0.15, 0.2) is 5.16 Å². The highest BCUT2D eigenvalue weighted by atomic mass is 16.4. The molecule has 1 aliphatic rings. The predicted octanol–water partition coefficient (Wildman–Crippen LogP) is 1.85. The van der Waals surface area contributed by atoms with E-state index in [-0.39, 0.29) is 17.2 Å². The fraction of sp³-hybridized carbons (Fsp3) is 0.846. The molecule has 5 nitrogen and oxygen atoms in total. The van der Waals surface area contributed by atoms with Crippen LogP contribution in [0.25, 0.3) is 0 Å². The molecule has 0 unspecified atom stereocenters. The van der Waals surface area contributed by atoms with Crippen LogP contribution in [0.3, 0.4) is 0 Å². The lowest BCUT2D eigenvalue weighted by molar-refractivity contribution is -0.127. The van der Waals surface area contributed by atoms with Crippen molar-refractivity contribution in [1.29, 1.82) is 0 Å². The molecule has 1 saturated carbocycles. The van der Waals surface area contributed by atoms with E-state index in [0.717, 1.165) is 12.8 Å². The molecule has 1 aliphatic carbocycles. The summed E-state index contributed by atoms with van der Waals surface area (Å²) < 4.78 is 0. The first-order valence-electron chi connectivity index (χ1n) is 6.58. The summed E-state index contributed by atoms with van der Waals surface area (Å²) in [4.78, 5) is 12.1. The van der Waals surface area contributed by atoms with Crippen LogP contribution in [0.2, 0.25) is 0 Å². The maximum atomic E-state index is 12.1. The molecule has 18 heavy (non-hydrogen) atoms. The summed E-state index contributed by atoms with van der Waals surface area (Å²) in [5.41, 5.74) is 4.75. The molecule has 0 aromatic rings. The largest absolute Gasteiger partial charge is 0.409 e. The van der Waals surface area contributed by atoms with E-state index in [1.807, 2.05) is 0 Å². The fourth-order valence-electron chi connectivity index (χ4n) is 2.34. The molecule has 0 aromatic heterocycles. The number of amidine groups is 1. The van der Waals surface area contributed by atoms with Gasteiger partial charge in [0.1, 0.15) is 5.41 Å². The van der Waals surface area contributed by atoms with Crippen molar-refractivity contribution < 1.29 is 10.0 Å². The molecule has 0 saturated heterocycles. The SMILES string of the molecule is CC1(CNC(=O)C(C)(C)C(N)=NO)CCCCC1. The lowest BCUT2D eigenvalue weighted by Crippen LogP contribution is -2.48. The van der Waals surface area contributed by atoms with Crippen molar-refractivity contribution in [1.82, 2.24) is 5.32 Å². The number of oxime groups is 1. The van der Waals surface area contributed by atoms with Gasteiger partial charge >= 0.3 is 0 Å². The zero-order valence-corrected chi connectivity index (χ0v) is 11.6. The second-order valence-corrected chi connectivity index (χ2v) is 6.16. The van der Waals surface area contributed by atoms with Crippen molar-refractivity contribution in [3.8, 4) is 0 Å². The molecule has 0 radical (unpaired) electrons. The maximum absolute atomic E-state index is 12.1. The molecular formula is C13H25N3O2. The van der Waals surface area contributed by atoms with Crippen LogP contribution in [0.5, 0.6) is 0 Å². The van der Waals surface area contributed by atoms with Crippen LogP contribution in [-0.4, -0.2) is 23.5 Å². The molecule has 0 spiro atoms. The molecule has 0 atom stereocenters. The lowest BCUT2D eigenvalue weighted by Gasteiger charge is -2.34. The van der Waals surface area contributed by atoms with Crippen LogP contribution >= 0.6 is 0 Å². The van der Waals surface area contributed by atoms with Crippen molar-refractivity contribution >= 4 is 11.7 Å². The van der Waals surface area contributed by atoms with Crippen molar-refractivity contribution in [3.63, 3.8) is 0 Å². The van der Waals surface area contributed by atoms with Crippen LogP contribution in [0.1, 0.15) is 52.9 Å². The van der Waals surface area contributed by atoms with Gasteiger partial charge in [0.25, 0.3) is 0 Å². The van der Waals surface area contributed by atoms with Gasteiger partial charge in [-0.05, 0) is 32.1 Å². The normalized spacial score (nSPS) is 20.5. The molecule has 1 fully saturated rings. The third-order valence-electron chi connectivity index (χ3n) is 4.05. The minimum absolute atomic E-state index is 0.0613. The van der Waals surface area contributed by atoms with E-state index < -0.39 is 5.41 Å². The Labute approximate surface area is 109 Å². The van der Waals surface area contributed by atoms with Gasteiger partial charge in [-0.25, -0.2) is 0 Å². The van der Waals surface area contributed by atoms with Gasteiger partial charge < -0.3 is 16.3 Å². The minimum atomic E-state index is -0.972. The van der Waals surface area contributed by atoms with Crippen molar-refractivity contribution in [2.24, 2.45) is 21.7 Å². The monoisotopic (exact) mass is 255 g/mol. The fourth-order valence-corrected chi connectivity index (χ4v) is 2.34. The second kappa shape index (κ2) is 5.59. The molecule has 0 bridgehead atoms. The van der Waals surface area contributed by atoms with Gasteiger partial charge in [0.15, 0.2) is 5.84 Å². The summed E-state index contributed by atoms with van der Waals surface area (Å²) in [5.74, 6) is -0.251. The predicted molar refractivity (Wildman–Crippen MR) is 71.4 cm³/mol. The Morgan fingerprint density at radius 1 is 1.39 bits per heavy atom. The molecule has 1 rings (SSSR count). The Morgan fingerprint density at radius 3 is 2.44 bits per heavy atom. The molecule has 0 heterocycles. The summed E-state index contributed by atoms with van der Waals surface area (Å²) >= 11 is 0. The average molecular weight is 255 g/mol. The lowest BCUT2D eigenvalue weighted by atomic mass is 9.75. The molecule has 5 heteroatoms. The number of carbonyl (C=O) groups is 1. The summed E-state index contributed by atoms with van der Waals surface area (Å²) in [7, 11) is 0. The Hall–Kier alpha value is -1.26. The zero-order valence-electron chi connectivity index (χ0n) is 11.6. The van der Waals surface area contributed by atoms with Crippen molar-refractivity contribution in [2.45, 2.75) is 52.9 Å². The number of nitrogens with one attached hydrogen (secondary N) is 1. The molecule has 0 aliphatic heterocycles. The van der Waals surface area contributed by atoms with Crippen LogP contribution in [-0.2, 0) is 4.79 Å². The number of rotatable bonds is 4. The number of hydrogen-bond acceptors (Lipinski definition) is 3. The summed E-state index contributed by atoms with van der Waals surface area (Å²) in [6, 6.07) is 0. The molecule has 0 aromatic carbocycles. The first-order valence-corrected chi connectivity index (χ1v) is 6.58. The second-order valence-electron chi connectivity index (χ2n) is 6.16. The van der Waals surface area contributed by atoms with E-state index in [0.29, 0.717) is 6.54 Å². The summed E-state index contributed by atoms with van der Waals surface area (Å²) in [6.07, 6.45) is 6.06. The van der Waals surface area contributed by atoms with Gasteiger partial charge in [0.2, 0.25) is 5.91 Å². The number of nitrogens with zero attached hydrogens (tertiary/aromatic N) is 1. The van der Waals surface area contributed by atoms with Crippen molar-refractivity contribution in [3.05, 3.63) is 0 Å². The van der Waals surface area contributed by atoms with E-state index >= 15 is 0 Å². The highest BCUT2D eigenvalue weighted by Gasteiger charge is 2.34. The summed E-state index contributed by atoms with van der Waals surface area (Å²) in [6.45, 7) is 6.18. The Morgan fingerprint density at radius 2 is 1.94 bits per heavy atom. The smallest absolute Gasteiger partial charge is 0.233 e. The first kappa shape index (κ1) is 14.8. The van der Waals surface area contributed by atoms with E-state index in [2.05, 4.69) is 17.4 Å². The first-order chi connectivity index (χ1) is 8.32. The Balaban J connectivity index is 2.55. The molecule has 104 valence electrons. The number of nitrogens with two attached hydrogens (primary N) is 1. The quantitative estimate of drug-likeness (QED) is 0.310. The van der Waals surface area contributed by atoms with Gasteiger partial charge in [-0.2, -0.15) is 0 Å². The van der Waals surface area contributed by atoms with E-state index in [4.69, 9.17) is 10.9 Å². The van der Waals surface area contributed by atoms with Crippen LogP contribution in [0, 0.1) is 10.8 Å². The molecule has 1 amide bonds. The van der Waals surface area contributed by atoms with E-state index in [1.165, 1.54) is 19.3 Å². The van der Waals surface area contributed by atoms with Gasteiger partial charge in [-0.1, -0.05) is 31.3 Å². The Bertz CT molecular complexity index is 331. The minimum Gasteiger partial charge on any atom is -0.409 e. The van der Waals surface area contributed by atoms with Crippen LogP contribution in [0.4, 0.5) is 0 Å². The van der Waals surface area contributed by atoms with Gasteiger partial charge in [0, 0.05) is 6.54 Å². The van der Waals surface area contributed by atoms with Gasteiger partial charge in [0.05, 0.1) is 0 Å². The molecular weight excluding hydrogens is 230 g/mol. The van der Waals surface area contributed by atoms with E-state index in [1.54, 1.807) is 13.8 Å². The molecule has 4 N–H and O–H groups in total. The van der Waals surface area contributed by atoms with Gasteiger partial charge in [-0.15, -0.1) is 0 Å². The third kappa shape index (κ3) is 3.37. The Kier molecular flexibility index (Phi) is 4.59. The number of hydrogen-bond donors (Lipinski definition) is 3. The number of carbonyl (C=O) groups excluding carboxylic acids is 1. The third-order valence-corrected chi connectivity index (χ3v) is 4.05. The zero-order chi connectivity index (χ0) is 13.8. The summed E-state index contributed by atoms with van der Waals surface area (Å²) in [5, 5.41) is 14.5. The standard InChI is InChI=1S/C13H25N3O2/c1-12(2,10(14)16-18)11(17)15-9-13(3)7-5-4-6-8-13/h18H,4-9H2,1-3H3,(H2,14,16)(H,15,17). The topological polar surface area (TPSA) is 87.7 Å². The average Bonchev–Trinajstić information content (AvgIpc) is 2.35. The van der Waals surface area contributed by atoms with Gasteiger partial charge in [-0.3, -0.25) is 4.79 Å². The highest BCUT2D eigenvalue weighted by molar-refractivity contribution is 6.05. The van der Waals surface area contributed by atoms with E-state index in [9.17, 15) is 4.79 Å². The van der Waals surface area contributed by atoms with Crippen LogP contribution < -0.4 is 11.1 Å². The maximum Gasteiger partial charge on any atom is 0.233 e. The van der Waals surface area contributed by atoms with Crippen molar-refractivity contribution in [2.75, 3.05) is 6.54 Å².